The topological polar surface area (TPSA) is 86.2 Å². The van der Waals surface area contributed by atoms with Crippen LogP contribution in [0.5, 0.6) is 11.5 Å². The first-order chi connectivity index (χ1) is 15.2. The van der Waals surface area contributed by atoms with Crippen LogP contribution in [-0.4, -0.2) is 26.6 Å². The highest BCUT2D eigenvalue weighted by Gasteiger charge is 2.44. The zero-order valence-corrected chi connectivity index (χ0v) is 17.3. The van der Waals surface area contributed by atoms with Crippen molar-refractivity contribution in [3.05, 3.63) is 60.6 Å². The number of carbonyl (C=O) groups excluding carboxylic acids is 1. The second-order valence-corrected chi connectivity index (χ2v) is 8.71. The van der Waals surface area contributed by atoms with Gasteiger partial charge in [-0.2, -0.15) is 0 Å². The molecule has 154 valence electrons. The number of para-hydroxylation sites is 1. The maximum absolute atomic E-state index is 13.1. The highest BCUT2D eigenvalue weighted by Crippen LogP contribution is 2.47. The number of hydrogen-bond donors (Lipinski definition) is 1. The van der Waals surface area contributed by atoms with Gasteiger partial charge in [0.15, 0.2) is 17.2 Å². The lowest BCUT2D eigenvalue weighted by Crippen LogP contribution is -2.34. The molecule has 8 heteroatoms. The van der Waals surface area contributed by atoms with Crippen molar-refractivity contribution in [2.45, 2.75) is 31.5 Å². The van der Waals surface area contributed by atoms with E-state index < -0.39 is 5.79 Å². The highest BCUT2D eigenvalue weighted by atomic mass is 32.1. The molecule has 1 amide bonds. The van der Waals surface area contributed by atoms with E-state index in [1.54, 1.807) is 12.3 Å². The average Bonchev–Trinajstić information content (AvgIpc) is 3.51. The smallest absolute Gasteiger partial charge is 0.276 e. The molecule has 7 nitrogen and oxygen atoms in total. The van der Waals surface area contributed by atoms with Gasteiger partial charge in [-0.1, -0.05) is 12.1 Å². The van der Waals surface area contributed by atoms with Gasteiger partial charge in [0, 0.05) is 37.0 Å². The fourth-order valence-electron chi connectivity index (χ4n) is 4.11. The molecule has 0 unspecified atom stereocenters. The lowest BCUT2D eigenvalue weighted by molar-refractivity contribution is -0.0716. The Morgan fingerprint density at radius 3 is 2.68 bits per heavy atom. The standard InChI is InChI=1S/C23H18N4O3S/c28-21(26-14-7-8-16-17(13-14)30-23(29-16)9-3-4-10-23)19-20(25-12-11-24-19)22-27-15-5-1-2-6-18(15)31-22/h1-2,5-8,11-13H,3-4,9-10H2,(H,26,28). The number of ether oxygens (including phenoxy) is 2. The molecule has 1 saturated carbocycles. The molecule has 1 aliphatic carbocycles. The first kappa shape index (κ1) is 18.3. The molecule has 3 heterocycles. The fourth-order valence-corrected chi connectivity index (χ4v) is 5.08. The third-order valence-corrected chi connectivity index (χ3v) is 6.61. The second kappa shape index (κ2) is 7.02. The van der Waals surface area contributed by atoms with Crippen LogP contribution in [0.4, 0.5) is 5.69 Å². The molecule has 1 fully saturated rings. The van der Waals surface area contributed by atoms with E-state index in [0.717, 1.165) is 41.6 Å². The number of thiazole rings is 1. The van der Waals surface area contributed by atoms with Gasteiger partial charge in [0.05, 0.1) is 10.2 Å². The zero-order valence-electron chi connectivity index (χ0n) is 16.5. The van der Waals surface area contributed by atoms with E-state index in [1.165, 1.54) is 17.5 Å². The molecule has 0 bridgehead atoms. The quantitative estimate of drug-likeness (QED) is 0.490. The van der Waals surface area contributed by atoms with E-state index in [4.69, 9.17) is 9.47 Å². The van der Waals surface area contributed by atoms with E-state index in [2.05, 4.69) is 20.3 Å². The third kappa shape index (κ3) is 3.19. The minimum absolute atomic E-state index is 0.228. The minimum atomic E-state index is -0.532. The van der Waals surface area contributed by atoms with Gasteiger partial charge in [-0.25, -0.2) is 15.0 Å². The molecule has 6 rings (SSSR count). The van der Waals surface area contributed by atoms with Crippen molar-refractivity contribution < 1.29 is 14.3 Å². The number of amides is 1. The van der Waals surface area contributed by atoms with Crippen LogP contribution in [0.1, 0.15) is 36.2 Å². The number of rotatable bonds is 3. The number of benzene rings is 2. The Bertz CT molecular complexity index is 1280. The summed E-state index contributed by atoms with van der Waals surface area (Å²) < 4.78 is 13.2. The zero-order chi connectivity index (χ0) is 20.8. The molecule has 2 aliphatic rings. The monoisotopic (exact) mass is 430 g/mol. The Balaban J connectivity index is 1.28. The SMILES string of the molecule is O=C(Nc1ccc2c(c1)OC1(CCCC1)O2)c1nccnc1-c1nc2ccccc2s1. The van der Waals surface area contributed by atoms with Gasteiger partial charge in [0.1, 0.15) is 10.7 Å². The van der Waals surface area contributed by atoms with Crippen LogP contribution < -0.4 is 14.8 Å². The summed E-state index contributed by atoms with van der Waals surface area (Å²) in [6.45, 7) is 0. The van der Waals surface area contributed by atoms with Crippen molar-refractivity contribution in [2.75, 3.05) is 5.32 Å². The summed E-state index contributed by atoms with van der Waals surface area (Å²) >= 11 is 1.49. The molecule has 2 aromatic heterocycles. The van der Waals surface area contributed by atoms with Crippen molar-refractivity contribution >= 4 is 33.1 Å². The lowest BCUT2D eigenvalue weighted by Gasteiger charge is -2.21. The van der Waals surface area contributed by atoms with Gasteiger partial charge >= 0.3 is 0 Å². The van der Waals surface area contributed by atoms with Gasteiger partial charge in [-0.15, -0.1) is 11.3 Å². The lowest BCUT2D eigenvalue weighted by atomic mass is 10.2. The van der Waals surface area contributed by atoms with Gasteiger partial charge < -0.3 is 14.8 Å². The summed E-state index contributed by atoms with van der Waals surface area (Å²) in [5, 5.41) is 3.57. The van der Waals surface area contributed by atoms with Crippen molar-refractivity contribution in [3.63, 3.8) is 0 Å². The molecule has 0 atom stereocenters. The van der Waals surface area contributed by atoms with Crippen LogP contribution in [0, 0.1) is 0 Å². The van der Waals surface area contributed by atoms with Gasteiger partial charge in [0.2, 0.25) is 0 Å². The Morgan fingerprint density at radius 1 is 1.00 bits per heavy atom. The van der Waals surface area contributed by atoms with Crippen LogP contribution in [0.25, 0.3) is 20.9 Å². The number of nitrogens with zero attached hydrogens (tertiary/aromatic N) is 3. The maximum atomic E-state index is 13.1. The molecular formula is C23H18N4O3S. The summed E-state index contributed by atoms with van der Waals surface area (Å²) in [4.78, 5) is 26.4. The third-order valence-electron chi connectivity index (χ3n) is 5.57. The van der Waals surface area contributed by atoms with Gasteiger partial charge in [-0.3, -0.25) is 4.79 Å². The summed E-state index contributed by atoms with van der Waals surface area (Å²) in [6.07, 6.45) is 7.04. The van der Waals surface area contributed by atoms with E-state index in [9.17, 15) is 4.79 Å². The molecule has 1 spiro atoms. The molecule has 0 saturated heterocycles. The van der Waals surface area contributed by atoms with Crippen LogP contribution in [0.3, 0.4) is 0 Å². The van der Waals surface area contributed by atoms with Crippen molar-refractivity contribution in [1.82, 2.24) is 15.0 Å². The summed E-state index contributed by atoms with van der Waals surface area (Å²) in [6, 6.07) is 13.3. The van der Waals surface area contributed by atoms with E-state index in [0.29, 0.717) is 22.1 Å². The van der Waals surface area contributed by atoms with Crippen molar-refractivity contribution in [3.8, 4) is 22.2 Å². The number of fused-ring (bicyclic) bond motifs is 2. The molecule has 1 aliphatic heterocycles. The minimum Gasteiger partial charge on any atom is -0.448 e. The van der Waals surface area contributed by atoms with Crippen LogP contribution >= 0.6 is 11.3 Å². The summed E-state index contributed by atoms with van der Waals surface area (Å²) in [5.41, 5.74) is 2.18. The normalized spacial score (nSPS) is 16.1. The van der Waals surface area contributed by atoms with Gasteiger partial charge in [-0.05, 0) is 37.1 Å². The molecule has 4 aromatic rings. The number of hydrogen-bond acceptors (Lipinski definition) is 7. The molecule has 0 radical (unpaired) electrons. The maximum Gasteiger partial charge on any atom is 0.276 e. The number of carbonyl (C=O) groups is 1. The summed E-state index contributed by atoms with van der Waals surface area (Å²) in [7, 11) is 0. The van der Waals surface area contributed by atoms with E-state index >= 15 is 0 Å². The molecular weight excluding hydrogens is 412 g/mol. The van der Waals surface area contributed by atoms with Crippen molar-refractivity contribution in [1.29, 1.82) is 0 Å². The Hall–Kier alpha value is -3.52. The number of nitrogens with one attached hydrogen (secondary N) is 1. The molecule has 2 aromatic carbocycles. The predicted octanol–water partition coefficient (Wildman–Crippen LogP) is 5.05. The fraction of sp³-hybridized carbons (Fsp3) is 0.217. The van der Waals surface area contributed by atoms with Crippen LogP contribution in [-0.2, 0) is 0 Å². The molecule has 1 N–H and O–H groups in total. The average molecular weight is 430 g/mol. The Morgan fingerprint density at radius 2 is 1.81 bits per heavy atom. The Labute approximate surface area is 182 Å². The predicted molar refractivity (Wildman–Crippen MR) is 117 cm³/mol. The van der Waals surface area contributed by atoms with Crippen LogP contribution in [0.15, 0.2) is 54.9 Å². The number of aromatic nitrogens is 3. The first-order valence-corrected chi connectivity index (χ1v) is 11.0. The van der Waals surface area contributed by atoms with Gasteiger partial charge in [0.25, 0.3) is 11.7 Å². The van der Waals surface area contributed by atoms with Crippen molar-refractivity contribution in [2.24, 2.45) is 0 Å². The Kier molecular flexibility index (Phi) is 4.14. The van der Waals surface area contributed by atoms with E-state index in [1.807, 2.05) is 36.4 Å². The second-order valence-electron chi connectivity index (χ2n) is 7.68. The van der Waals surface area contributed by atoms with Crippen LogP contribution in [0.2, 0.25) is 0 Å². The van der Waals surface area contributed by atoms with E-state index in [-0.39, 0.29) is 11.6 Å². The highest BCUT2D eigenvalue weighted by molar-refractivity contribution is 7.21. The molecule has 31 heavy (non-hydrogen) atoms. The number of anilines is 1. The largest absolute Gasteiger partial charge is 0.448 e. The summed E-state index contributed by atoms with van der Waals surface area (Å²) in [5.74, 6) is 0.493. The first-order valence-electron chi connectivity index (χ1n) is 10.2.